The SMILES string of the molecule is Cc1cc(Cl)cc(C)c1CN1CC(C)C(N)C1. The molecule has 0 aliphatic carbocycles. The van der Waals surface area contributed by atoms with Crippen molar-refractivity contribution in [3.8, 4) is 0 Å². The molecular formula is C14H21ClN2. The van der Waals surface area contributed by atoms with Gasteiger partial charge in [0.2, 0.25) is 0 Å². The largest absolute Gasteiger partial charge is 0.326 e. The van der Waals surface area contributed by atoms with E-state index in [1.165, 1.54) is 16.7 Å². The van der Waals surface area contributed by atoms with Crippen molar-refractivity contribution in [2.24, 2.45) is 11.7 Å². The maximum Gasteiger partial charge on any atom is 0.0411 e. The van der Waals surface area contributed by atoms with E-state index in [-0.39, 0.29) is 0 Å². The summed E-state index contributed by atoms with van der Waals surface area (Å²) in [7, 11) is 0. The molecule has 2 unspecified atom stereocenters. The fourth-order valence-corrected chi connectivity index (χ4v) is 2.97. The molecule has 0 saturated carbocycles. The van der Waals surface area contributed by atoms with Gasteiger partial charge < -0.3 is 5.73 Å². The first kappa shape index (κ1) is 12.9. The molecule has 2 rings (SSSR count). The maximum atomic E-state index is 6.06. The third-order valence-corrected chi connectivity index (χ3v) is 4.01. The Kier molecular flexibility index (Phi) is 3.76. The van der Waals surface area contributed by atoms with E-state index >= 15 is 0 Å². The molecule has 0 spiro atoms. The highest BCUT2D eigenvalue weighted by Crippen LogP contribution is 2.24. The van der Waals surface area contributed by atoms with Crippen molar-refractivity contribution in [1.29, 1.82) is 0 Å². The molecule has 3 heteroatoms. The maximum absolute atomic E-state index is 6.06. The van der Waals surface area contributed by atoms with E-state index < -0.39 is 0 Å². The highest BCUT2D eigenvalue weighted by atomic mass is 35.5. The molecule has 2 atom stereocenters. The Morgan fingerprint density at radius 1 is 1.29 bits per heavy atom. The monoisotopic (exact) mass is 252 g/mol. The number of rotatable bonds is 2. The van der Waals surface area contributed by atoms with Crippen LogP contribution in [0.2, 0.25) is 5.02 Å². The van der Waals surface area contributed by atoms with Crippen molar-refractivity contribution >= 4 is 11.6 Å². The average molecular weight is 253 g/mol. The quantitative estimate of drug-likeness (QED) is 0.877. The molecule has 17 heavy (non-hydrogen) atoms. The van der Waals surface area contributed by atoms with Crippen LogP contribution in [0, 0.1) is 19.8 Å². The van der Waals surface area contributed by atoms with Gasteiger partial charge in [-0.15, -0.1) is 0 Å². The molecule has 1 saturated heterocycles. The Bertz CT molecular complexity index is 384. The van der Waals surface area contributed by atoms with Gasteiger partial charge in [0.25, 0.3) is 0 Å². The van der Waals surface area contributed by atoms with Gasteiger partial charge in [-0.1, -0.05) is 18.5 Å². The fourth-order valence-electron chi connectivity index (χ4n) is 2.64. The van der Waals surface area contributed by atoms with Gasteiger partial charge >= 0.3 is 0 Å². The third kappa shape index (κ3) is 2.82. The van der Waals surface area contributed by atoms with Crippen LogP contribution in [0.1, 0.15) is 23.6 Å². The minimum atomic E-state index is 0.322. The first-order valence-electron chi connectivity index (χ1n) is 6.21. The van der Waals surface area contributed by atoms with Crippen LogP contribution in [0.15, 0.2) is 12.1 Å². The summed E-state index contributed by atoms with van der Waals surface area (Å²) in [5.74, 6) is 0.600. The van der Waals surface area contributed by atoms with Crippen LogP contribution in [0.25, 0.3) is 0 Å². The lowest BCUT2D eigenvalue weighted by Crippen LogP contribution is -2.28. The Hall–Kier alpha value is -0.570. The fraction of sp³-hybridized carbons (Fsp3) is 0.571. The van der Waals surface area contributed by atoms with Gasteiger partial charge in [0.1, 0.15) is 0 Å². The molecule has 1 fully saturated rings. The van der Waals surface area contributed by atoms with Crippen molar-refractivity contribution in [1.82, 2.24) is 4.90 Å². The second-order valence-electron chi connectivity index (χ2n) is 5.35. The Balaban J connectivity index is 2.14. The zero-order chi connectivity index (χ0) is 12.6. The normalized spacial score (nSPS) is 25.5. The van der Waals surface area contributed by atoms with Gasteiger partial charge in [-0.2, -0.15) is 0 Å². The summed E-state index contributed by atoms with van der Waals surface area (Å²) in [4.78, 5) is 2.44. The zero-order valence-corrected chi connectivity index (χ0v) is 11.6. The molecule has 1 heterocycles. The lowest BCUT2D eigenvalue weighted by atomic mass is 10.0. The number of halogens is 1. The molecule has 2 N–H and O–H groups in total. The van der Waals surface area contributed by atoms with Crippen molar-refractivity contribution < 1.29 is 0 Å². The van der Waals surface area contributed by atoms with E-state index in [4.69, 9.17) is 17.3 Å². The van der Waals surface area contributed by atoms with E-state index in [1.54, 1.807) is 0 Å². The van der Waals surface area contributed by atoms with Crippen molar-refractivity contribution in [2.45, 2.75) is 33.4 Å². The summed E-state index contributed by atoms with van der Waals surface area (Å²) in [5, 5.41) is 0.829. The summed E-state index contributed by atoms with van der Waals surface area (Å²) in [6.45, 7) is 9.59. The number of aryl methyl sites for hydroxylation is 2. The third-order valence-electron chi connectivity index (χ3n) is 3.79. The van der Waals surface area contributed by atoms with Crippen LogP contribution in [0.5, 0.6) is 0 Å². The smallest absolute Gasteiger partial charge is 0.0411 e. The minimum absolute atomic E-state index is 0.322. The molecule has 1 aliphatic rings. The number of hydrogen-bond donors (Lipinski definition) is 1. The van der Waals surface area contributed by atoms with Crippen LogP contribution in [0.4, 0.5) is 0 Å². The summed E-state index contributed by atoms with van der Waals surface area (Å²) >= 11 is 6.05. The van der Waals surface area contributed by atoms with E-state index in [2.05, 4.69) is 25.7 Å². The second-order valence-corrected chi connectivity index (χ2v) is 5.79. The van der Waals surface area contributed by atoms with Crippen molar-refractivity contribution in [3.63, 3.8) is 0 Å². The molecular weight excluding hydrogens is 232 g/mol. The molecule has 0 aromatic heterocycles. The summed E-state index contributed by atoms with van der Waals surface area (Å²) in [5.41, 5.74) is 10.0. The molecule has 1 aliphatic heterocycles. The Labute approximate surface area is 109 Å². The highest BCUT2D eigenvalue weighted by Gasteiger charge is 2.26. The lowest BCUT2D eigenvalue weighted by Gasteiger charge is -2.19. The van der Waals surface area contributed by atoms with Crippen LogP contribution < -0.4 is 5.73 Å². The Morgan fingerprint density at radius 2 is 1.88 bits per heavy atom. The lowest BCUT2D eigenvalue weighted by molar-refractivity contribution is 0.317. The van der Waals surface area contributed by atoms with Crippen LogP contribution in [0.3, 0.4) is 0 Å². The van der Waals surface area contributed by atoms with Crippen molar-refractivity contribution in [3.05, 3.63) is 33.8 Å². The molecule has 1 aromatic rings. The summed E-state index contributed by atoms with van der Waals surface area (Å²) < 4.78 is 0. The first-order valence-corrected chi connectivity index (χ1v) is 6.58. The van der Waals surface area contributed by atoms with Crippen LogP contribution in [-0.4, -0.2) is 24.0 Å². The standard InChI is InChI=1S/C14H21ClN2/c1-9-4-12(15)5-10(2)13(9)7-17-6-11(3)14(16)8-17/h4-5,11,14H,6-8,16H2,1-3H3. The van der Waals surface area contributed by atoms with Crippen LogP contribution in [-0.2, 0) is 6.54 Å². The molecule has 94 valence electrons. The number of nitrogens with two attached hydrogens (primary N) is 1. The first-order chi connectivity index (χ1) is 7.97. The second kappa shape index (κ2) is 4.97. The summed E-state index contributed by atoms with van der Waals surface area (Å²) in [6, 6.07) is 4.41. The van der Waals surface area contributed by atoms with E-state index in [9.17, 15) is 0 Å². The number of hydrogen-bond acceptors (Lipinski definition) is 2. The van der Waals surface area contributed by atoms with Gasteiger partial charge in [-0.25, -0.2) is 0 Å². The molecule has 0 bridgehead atoms. The number of benzene rings is 1. The number of likely N-dealkylation sites (tertiary alicyclic amines) is 1. The highest BCUT2D eigenvalue weighted by molar-refractivity contribution is 6.30. The summed E-state index contributed by atoms with van der Waals surface area (Å²) in [6.07, 6.45) is 0. The van der Waals surface area contributed by atoms with Gasteiger partial charge in [0, 0.05) is 30.7 Å². The molecule has 0 radical (unpaired) electrons. The van der Waals surface area contributed by atoms with Gasteiger partial charge in [-0.05, 0) is 48.6 Å². The van der Waals surface area contributed by atoms with Crippen molar-refractivity contribution in [2.75, 3.05) is 13.1 Å². The molecule has 2 nitrogen and oxygen atoms in total. The Morgan fingerprint density at radius 3 is 2.35 bits per heavy atom. The number of nitrogens with zero attached hydrogens (tertiary/aromatic N) is 1. The van der Waals surface area contributed by atoms with Crippen LogP contribution >= 0.6 is 11.6 Å². The minimum Gasteiger partial charge on any atom is -0.326 e. The van der Waals surface area contributed by atoms with E-state index in [0.29, 0.717) is 12.0 Å². The molecule has 0 amide bonds. The van der Waals surface area contributed by atoms with Gasteiger partial charge in [0.15, 0.2) is 0 Å². The van der Waals surface area contributed by atoms with Gasteiger partial charge in [0.05, 0.1) is 0 Å². The zero-order valence-electron chi connectivity index (χ0n) is 10.8. The average Bonchev–Trinajstić information content (AvgIpc) is 2.52. The van der Waals surface area contributed by atoms with E-state index in [0.717, 1.165) is 24.7 Å². The van der Waals surface area contributed by atoms with Gasteiger partial charge in [-0.3, -0.25) is 4.90 Å². The van der Waals surface area contributed by atoms with E-state index in [1.807, 2.05) is 12.1 Å². The molecule has 1 aromatic carbocycles. The predicted molar refractivity (Wildman–Crippen MR) is 73.3 cm³/mol. The topological polar surface area (TPSA) is 29.3 Å². The predicted octanol–water partition coefficient (Wildman–Crippen LogP) is 2.74.